The van der Waals surface area contributed by atoms with Crippen LogP contribution in [-0.4, -0.2) is 64.6 Å². The predicted octanol–water partition coefficient (Wildman–Crippen LogP) is -2.33. The van der Waals surface area contributed by atoms with Crippen molar-refractivity contribution in [2.24, 2.45) is 0 Å². The molecule has 3 N–H and O–H groups in total. The van der Waals surface area contributed by atoms with Gasteiger partial charge < -0.3 is 29.5 Å². The molecule has 3 saturated heterocycles. The first-order chi connectivity index (χ1) is 8.49. The summed E-state index contributed by atoms with van der Waals surface area (Å²) in [5, 5.41) is 29.0. The van der Waals surface area contributed by atoms with Gasteiger partial charge in [0.1, 0.15) is 24.9 Å². The highest BCUT2D eigenvalue weighted by Crippen LogP contribution is 2.24. The highest BCUT2D eigenvalue weighted by molar-refractivity contribution is 5.77. The second-order valence-corrected chi connectivity index (χ2v) is 4.18. The van der Waals surface area contributed by atoms with Gasteiger partial charge in [0.2, 0.25) is 0 Å². The van der Waals surface area contributed by atoms with Gasteiger partial charge in [0.25, 0.3) is 0 Å². The molecule has 0 saturated carbocycles. The summed E-state index contributed by atoms with van der Waals surface area (Å²) in [7, 11) is 0. The predicted molar refractivity (Wildman–Crippen MR) is 53.0 cm³/mol. The van der Waals surface area contributed by atoms with E-state index in [-0.39, 0.29) is 19.4 Å². The number of carbonyl (C=O) groups excluding carboxylic acids is 2. The third kappa shape index (κ3) is 2.61. The van der Waals surface area contributed by atoms with Crippen LogP contribution in [-0.2, 0) is 23.8 Å². The standard InChI is InChI=1S/C10H14O8/c11-5-1-2-6(12)18-9-8(14)7(13)4(3-16-5)17-10(9)15/h4,7-10,13-15H,1-3H2/t4-,7-,8+,9-,10?/m1/s1. The third-order valence-electron chi connectivity index (χ3n) is 2.87. The van der Waals surface area contributed by atoms with E-state index >= 15 is 0 Å². The maximum absolute atomic E-state index is 11.4. The first-order valence-electron chi connectivity index (χ1n) is 5.54. The number of aliphatic hydroxyl groups is 3. The van der Waals surface area contributed by atoms with Gasteiger partial charge in [-0.1, -0.05) is 0 Å². The Balaban J connectivity index is 2.20. The lowest BCUT2D eigenvalue weighted by Crippen LogP contribution is -2.59. The summed E-state index contributed by atoms with van der Waals surface area (Å²) < 4.78 is 14.5. The second-order valence-electron chi connectivity index (χ2n) is 4.18. The van der Waals surface area contributed by atoms with Crippen molar-refractivity contribution in [2.75, 3.05) is 6.61 Å². The minimum atomic E-state index is -1.57. The topological polar surface area (TPSA) is 123 Å². The summed E-state index contributed by atoms with van der Waals surface area (Å²) in [5.74, 6) is -1.43. The van der Waals surface area contributed by atoms with Crippen LogP contribution in [0.5, 0.6) is 0 Å². The van der Waals surface area contributed by atoms with Crippen molar-refractivity contribution in [3.63, 3.8) is 0 Å². The molecule has 3 aliphatic heterocycles. The lowest BCUT2D eigenvalue weighted by Gasteiger charge is -2.39. The van der Waals surface area contributed by atoms with E-state index < -0.39 is 42.6 Å². The Hall–Kier alpha value is -1.22. The van der Waals surface area contributed by atoms with Crippen LogP contribution >= 0.6 is 0 Å². The van der Waals surface area contributed by atoms with Crippen molar-refractivity contribution in [1.29, 1.82) is 0 Å². The van der Waals surface area contributed by atoms with Crippen LogP contribution in [0.2, 0.25) is 0 Å². The number of carbonyl (C=O) groups is 2. The Morgan fingerprint density at radius 3 is 2.39 bits per heavy atom. The molecule has 1 unspecified atom stereocenters. The fourth-order valence-corrected chi connectivity index (χ4v) is 1.85. The SMILES string of the molecule is O=C1CCC(=O)O[C@H]2C(O)O[C@H](CO1)[C@@H](O)[C@@H]2O. The smallest absolute Gasteiger partial charge is 0.306 e. The maximum Gasteiger partial charge on any atom is 0.306 e. The van der Waals surface area contributed by atoms with E-state index in [1.54, 1.807) is 0 Å². The molecule has 3 fully saturated rings. The molecule has 3 heterocycles. The summed E-state index contributed by atoms with van der Waals surface area (Å²) in [6, 6.07) is 0. The van der Waals surface area contributed by atoms with Gasteiger partial charge in [0, 0.05) is 0 Å². The van der Waals surface area contributed by atoms with E-state index in [1.807, 2.05) is 0 Å². The minimum Gasteiger partial charge on any atom is -0.463 e. The number of aliphatic hydroxyl groups excluding tert-OH is 3. The Morgan fingerprint density at radius 1 is 1.00 bits per heavy atom. The van der Waals surface area contributed by atoms with Crippen molar-refractivity contribution in [2.45, 2.75) is 43.5 Å². The van der Waals surface area contributed by atoms with Crippen LogP contribution in [0, 0.1) is 0 Å². The average molecular weight is 262 g/mol. The zero-order chi connectivity index (χ0) is 13.3. The number of hydrogen-bond donors (Lipinski definition) is 3. The summed E-state index contributed by atoms with van der Waals surface area (Å²) in [6.45, 7) is -0.310. The summed E-state index contributed by atoms with van der Waals surface area (Å²) >= 11 is 0. The molecule has 3 rings (SSSR count). The van der Waals surface area contributed by atoms with E-state index in [0.717, 1.165) is 0 Å². The second kappa shape index (κ2) is 5.19. The van der Waals surface area contributed by atoms with Crippen molar-refractivity contribution >= 4 is 11.9 Å². The summed E-state index contributed by atoms with van der Waals surface area (Å²) in [5.41, 5.74) is 0. The quantitative estimate of drug-likeness (QED) is 0.416. The molecule has 8 heteroatoms. The van der Waals surface area contributed by atoms with E-state index in [1.165, 1.54) is 0 Å². The maximum atomic E-state index is 11.4. The van der Waals surface area contributed by atoms with Crippen molar-refractivity contribution in [3.05, 3.63) is 0 Å². The van der Waals surface area contributed by atoms with Crippen LogP contribution < -0.4 is 0 Å². The van der Waals surface area contributed by atoms with Gasteiger partial charge in [-0.2, -0.15) is 0 Å². The number of ether oxygens (including phenoxy) is 3. The lowest BCUT2D eigenvalue weighted by atomic mass is 9.99. The van der Waals surface area contributed by atoms with Crippen LogP contribution in [0.4, 0.5) is 0 Å². The molecular formula is C10H14O8. The molecule has 8 nitrogen and oxygen atoms in total. The molecular weight excluding hydrogens is 248 g/mol. The third-order valence-corrected chi connectivity index (χ3v) is 2.87. The number of fused-ring (bicyclic) bond motifs is 8. The average Bonchev–Trinajstić information content (AvgIpc) is 2.37. The van der Waals surface area contributed by atoms with Crippen LogP contribution in [0.25, 0.3) is 0 Å². The molecule has 3 aliphatic rings. The fraction of sp³-hybridized carbons (Fsp3) is 0.800. The Labute approximate surface area is 102 Å². The van der Waals surface area contributed by atoms with Gasteiger partial charge in [-0.3, -0.25) is 9.59 Å². The van der Waals surface area contributed by atoms with E-state index in [2.05, 4.69) is 0 Å². The van der Waals surface area contributed by atoms with Crippen molar-refractivity contribution in [3.8, 4) is 0 Å². The number of esters is 2. The normalized spacial score (nSPS) is 41.8. The van der Waals surface area contributed by atoms with Crippen LogP contribution in [0.3, 0.4) is 0 Å². The largest absolute Gasteiger partial charge is 0.463 e. The molecule has 0 aliphatic carbocycles. The van der Waals surface area contributed by atoms with Crippen LogP contribution in [0.15, 0.2) is 0 Å². The summed E-state index contributed by atoms with van der Waals surface area (Å²) in [4.78, 5) is 22.6. The molecule has 0 radical (unpaired) electrons. The molecule has 0 spiro atoms. The van der Waals surface area contributed by atoms with Gasteiger partial charge in [0.05, 0.1) is 12.8 Å². The van der Waals surface area contributed by atoms with Gasteiger partial charge in [-0.05, 0) is 0 Å². The Morgan fingerprint density at radius 2 is 1.67 bits per heavy atom. The first-order valence-corrected chi connectivity index (χ1v) is 5.54. The molecule has 0 aromatic heterocycles. The fourth-order valence-electron chi connectivity index (χ4n) is 1.85. The molecule has 0 aromatic carbocycles. The highest BCUT2D eigenvalue weighted by Gasteiger charge is 2.46. The molecule has 2 bridgehead atoms. The monoisotopic (exact) mass is 262 g/mol. The first kappa shape index (κ1) is 13.2. The van der Waals surface area contributed by atoms with Gasteiger partial charge in [-0.25, -0.2) is 0 Å². The molecule has 18 heavy (non-hydrogen) atoms. The molecule has 0 amide bonds. The van der Waals surface area contributed by atoms with Crippen LogP contribution in [0.1, 0.15) is 12.8 Å². The highest BCUT2D eigenvalue weighted by atomic mass is 16.7. The van der Waals surface area contributed by atoms with E-state index in [4.69, 9.17) is 14.2 Å². The van der Waals surface area contributed by atoms with Gasteiger partial charge >= 0.3 is 11.9 Å². The van der Waals surface area contributed by atoms with E-state index in [0.29, 0.717) is 0 Å². The van der Waals surface area contributed by atoms with Gasteiger partial charge in [0.15, 0.2) is 12.4 Å². The van der Waals surface area contributed by atoms with Crippen molar-refractivity contribution < 1.29 is 39.1 Å². The molecule has 102 valence electrons. The zero-order valence-corrected chi connectivity index (χ0v) is 9.39. The molecule has 0 aromatic rings. The Bertz CT molecular complexity index is 341. The molecule has 5 atom stereocenters. The van der Waals surface area contributed by atoms with Gasteiger partial charge in [-0.15, -0.1) is 0 Å². The Kier molecular flexibility index (Phi) is 3.81. The lowest BCUT2D eigenvalue weighted by molar-refractivity contribution is -0.290. The zero-order valence-electron chi connectivity index (χ0n) is 9.39. The summed E-state index contributed by atoms with van der Waals surface area (Å²) in [6.07, 6.45) is -7.33. The van der Waals surface area contributed by atoms with Crippen molar-refractivity contribution in [1.82, 2.24) is 0 Å². The number of rotatable bonds is 0. The number of hydrogen-bond acceptors (Lipinski definition) is 8. The minimum absolute atomic E-state index is 0.166. The van der Waals surface area contributed by atoms with E-state index in [9.17, 15) is 24.9 Å².